The fourth-order valence-electron chi connectivity index (χ4n) is 3.69. The maximum atomic E-state index is 12.8. The van der Waals surface area contributed by atoms with Gasteiger partial charge in [0.2, 0.25) is 31.9 Å². The molecule has 2 aromatic carbocycles. The van der Waals surface area contributed by atoms with Crippen molar-refractivity contribution < 1.29 is 26.4 Å². The van der Waals surface area contributed by atoms with E-state index < -0.39 is 20.0 Å². The quantitative estimate of drug-likeness (QED) is 0.247. The van der Waals surface area contributed by atoms with Gasteiger partial charge in [-0.25, -0.2) is 16.8 Å². The predicted molar refractivity (Wildman–Crippen MR) is 162 cm³/mol. The van der Waals surface area contributed by atoms with Crippen molar-refractivity contribution >= 4 is 43.2 Å². The third-order valence-corrected chi connectivity index (χ3v) is 9.38. The van der Waals surface area contributed by atoms with Gasteiger partial charge in [-0.1, -0.05) is 24.3 Å². The number of anilines is 2. The molecule has 0 aromatic heterocycles. The lowest BCUT2D eigenvalue weighted by molar-refractivity contribution is -0.117. The molecule has 220 valence electrons. The van der Waals surface area contributed by atoms with Gasteiger partial charge in [0, 0.05) is 50.4 Å². The van der Waals surface area contributed by atoms with E-state index in [2.05, 4.69) is 36.9 Å². The van der Waals surface area contributed by atoms with E-state index >= 15 is 0 Å². The van der Waals surface area contributed by atoms with Crippen LogP contribution >= 0.6 is 0 Å². The van der Waals surface area contributed by atoms with Crippen LogP contribution in [0.5, 0.6) is 0 Å². The van der Waals surface area contributed by atoms with Crippen LogP contribution in [0.25, 0.3) is 0 Å². The summed E-state index contributed by atoms with van der Waals surface area (Å²) >= 11 is 0. The van der Waals surface area contributed by atoms with Gasteiger partial charge in [-0.05, 0) is 55.0 Å². The van der Waals surface area contributed by atoms with Crippen LogP contribution in [0.3, 0.4) is 0 Å². The van der Waals surface area contributed by atoms with Crippen molar-refractivity contribution in [1.82, 2.24) is 8.61 Å². The standard InChI is InChI=1S/C29H36N4O6S2/c1-5-20-32(21-6-2)40(36,37)26-16-12-24(13-17-26)30-28(34)10-9-11-29(35)31-25-14-18-27(19-15-25)41(38,39)33(22-7-3)23-8-4/h5-8,12-19H,1-4,9-11,20-23H2,(H,30,34)(H,31,35). The molecule has 0 aliphatic heterocycles. The van der Waals surface area contributed by atoms with Gasteiger partial charge in [0.05, 0.1) is 9.79 Å². The summed E-state index contributed by atoms with van der Waals surface area (Å²) in [6.07, 6.45) is 6.37. The Morgan fingerprint density at radius 2 is 0.878 bits per heavy atom. The zero-order chi connectivity index (χ0) is 30.5. The summed E-state index contributed by atoms with van der Waals surface area (Å²) in [4.78, 5) is 24.8. The lowest BCUT2D eigenvalue weighted by Gasteiger charge is -2.19. The number of hydrogen-bond donors (Lipinski definition) is 2. The summed E-state index contributed by atoms with van der Waals surface area (Å²) in [6.45, 7) is 14.9. The summed E-state index contributed by atoms with van der Waals surface area (Å²) in [5.74, 6) is -0.655. The number of amides is 2. The first-order chi connectivity index (χ1) is 19.5. The van der Waals surface area contributed by atoms with E-state index in [-0.39, 0.29) is 67.0 Å². The minimum absolute atomic E-state index is 0.0690. The Balaban J connectivity index is 1.87. The molecule has 2 amide bonds. The molecule has 0 unspecified atom stereocenters. The van der Waals surface area contributed by atoms with E-state index in [1.807, 2.05) is 0 Å². The van der Waals surface area contributed by atoms with Gasteiger partial charge in [0.15, 0.2) is 0 Å². The zero-order valence-electron chi connectivity index (χ0n) is 22.9. The number of nitrogens with zero attached hydrogens (tertiary/aromatic N) is 2. The van der Waals surface area contributed by atoms with E-state index in [4.69, 9.17) is 0 Å². The monoisotopic (exact) mass is 600 g/mol. The Kier molecular flexibility index (Phi) is 12.9. The van der Waals surface area contributed by atoms with Crippen LogP contribution in [0.15, 0.2) is 109 Å². The van der Waals surface area contributed by atoms with Crippen LogP contribution in [0.1, 0.15) is 19.3 Å². The Labute approximate surface area is 242 Å². The third kappa shape index (κ3) is 9.64. The topological polar surface area (TPSA) is 133 Å². The number of sulfonamides is 2. The number of hydrogen-bond acceptors (Lipinski definition) is 6. The molecular weight excluding hydrogens is 564 g/mol. The molecule has 0 atom stereocenters. The highest BCUT2D eigenvalue weighted by molar-refractivity contribution is 7.89. The maximum absolute atomic E-state index is 12.8. The molecule has 2 aromatic rings. The van der Waals surface area contributed by atoms with E-state index in [0.29, 0.717) is 11.4 Å². The Morgan fingerprint density at radius 1 is 0.585 bits per heavy atom. The number of nitrogens with one attached hydrogen (secondary N) is 2. The molecule has 0 aliphatic rings. The van der Waals surface area contributed by atoms with Crippen molar-refractivity contribution in [3.05, 3.63) is 99.2 Å². The number of carbonyl (C=O) groups excluding carboxylic acids is 2. The van der Waals surface area contributed by atoms with Crippen molar-refractivity contribution in [2.45, 2.75) is 29.1 Å². The average Bonchev–Trinajstić information content (AvgIpc) is 2.93. The molecule has 10 nitrogen and oxygen atoms in total. The fourth-order valence-corrected chi connectivity index (χ4v) is 6.46. The normalized spacial score (nSPS) is 11.6. The highest BCUT2D eigenvalue weighted by Crippen LogP contribution is 2.20. The lowest BCUT2D eigenvalue weighted by atomic mass is 10.2. The van der Waals surface area contributed by atoms with E-state index in [1.165, 1.54) is 81.4 Å². The van der Waals surface area contributed by atoms with Crippen LogP contribution in [0, 0.1) is 0 Å². The third-order valence-electron chi connectivity index (χ3n) is 5.69. The van der Waals surface area contributed by atoms with Crippen molar-refractivity contribution in [3.63, 3.8) is 0 Å². The first kappa shape index (κ1) is 33.4. The van der Waals surface area contributed by atoms with E-state index in [9.17, 15) is 26.4 Å². The Hall–Kier alpha value is -3.84. The summed E-state index contributed by atoms with van der Waals surface area (Å²) in [5, 5.41) is 5.37. The van der Waals surface area contributed by atoms with Gasteiger partial charge >= 0.3 is 0 Å². The van der Waals surface area contributed by atoms with Gasteiger partial charge in [-0.2, -0.15) is 8.61 Å². The summed E-state index contributed by atoms with van der Waals surface area (Å²) in [6, 6.07) is 11.6. The molecule has 0 radical (unpaired) electrons. The highest BCUT2D eigenvalue weighted by Gasteiger charge is 2.23. The molecule has 12 heteroatoms. The van der Waals surface area contributed by atoms with Crippen molar-refractivity contribution in [3.8, 4) is 0 Å². The largest absolute Gasteiger partial charge is 0.326 e. The van der Waals surface area contributed by atoms with Gasteiger partial charge < -0.3 is 10.6 Å². The van der Waals surface area contributed by atoms with Gasteiger partial charge in [0.1, 0.15) is 0 Å². The lowest BCUT2D eigenvalue weighted by Crippen LogP contribution is -2.31. The van der Waals surface area contributed by atoms with Gasteiger partial charge in [0.25, 0.3) is 0 Å². The van der Waals surface area contributed by atoms with E-state index in [0.717, 1.165) is 0 Å². The molecule has 0 heterocycles. The second-order valence-electron chi connectivity index (χ2n) is 8.80. The second-order valence-corrected chi connectivity index (χ2v) is 12.7. The summed E-state index contributed by atoms with van der Waals surface area (Å²) in [5.41, 5.74) is 0.847. The molecule has 41 heavy (non-hydrogen) atoms. The summed E-state index contributed by atoms with van der Waals surface area (Å²) in [7, 11) is -7.49. The molecule has 0 fully saturated rings. The van der Waals surface area contributed by atoms with Crippen LogP contribution in [0.4, 0.5) is 11.4 Å². The molecule has 0 bridgehead atoms. The Morgan fingerprint density at radius 3 is 1.15 bits per heavy atom. The van der Waals surface area contributed by atoms with Crippen LogP contribution in [-0.4, -0.2) is 63.4 Å². The van der Waals surface area contributed by atoms with Crippen LogP contribution in [-0.2, 0) is 29.6 Å². The van der Waals surface area contributed by atoms with E-state index in [1.54, 1.807) is 0 Å². The predicted octanol–water partition coefficient (Wildman–Crippen LogP) is 4.16. The molecule has 0 saturated heterocycles. The van der Waals surface area contributed by atoms with Crippen molar-refractivity contribution in [2.24, 2.45) is 0 Å². The molecule has 0 saturated carbocycles. The molecule has 0 aliphatic carbocycles. The summed E-state index contributed by atoms with van der Waals surface area (Å²) < 4.78 is 53.6. The van der Waals surface area contributed by atoms with Crippen molar-refractivity contribution in [2.75, 3.05) is 36.8 Å². The van der Waals surface area contributed by atoms with Crippen LogP contribution < -0.4 is 10.6 Å². The van der Waals surface area contributed by atoms with Crippen LogP contribution in [0.2, 0.25) is 0 Å². The SMILES string of the molecule is C=CCN(CC=C)S(=O)(=O)c1ccc(NC(=O)CCCC(=O)Nc2ccc(S(=O)(=O)N(CC=C)CC=C)cc2)cc1. The highest BCUT2D eigenvalue weighted by atomic mass is 32.2. The molecule has 2 rings (SSSR count). The fraction of sp³-hybridized carbons (Fsp3) is 0.241. The first-order valence-electron chi connectivity index (χ1n) is 12.7. The second kappa shape index (κ2) is 15.8. The number of benzene rings is 2. The van der Waals surface area contributed by atoms with Gasteiger partial charge in [-0.15, -0.1) is 26.3 Å². The minimum Gasteiger partial charge on any atom is -0.326 e. The zero-order valence-corrected chi connectivity index (χ0v) is 24.5. The maximum Gasteiger partial charge on any atom is 0.243 e. The minimum atomic E-state index is -3.74. The smallest absolute Gasteiger partial charge is 0.243 e. The number of carbonyl (C=O) groups is 2. The van der Waals surface area contributed by atoms with Gasteiger partial charge in [-0.3, -0.25) is 9.59 Å². The molecular formula is C29H36N4O6S2. The molecule has 2 N–H and O–H groups in total. The molecule has 0 spiro atoms. The average molecular weight is 601 g/mol. The number of rotatable bonds is 18. The Bertz CT molecular complexity index is 1320. The van der Waals surface area contributed by atoms with Crippen molar-refractivity contribution in [1.29, 1.82) is 0 Å². The first-order valence-corrected chi connectivity index (χ1v) is 15.6.